The van der Waals surface area contributed by atoms with E-state index in [0.717, 1.165) is 23.2 Å². The highest BCUT2D eigenvalue weighted by atomic mass is 19.1. The van der Waals surface area contributed by atoms with Crippen LogP contribution in [0.3, 0.4) is 0 Å². The monoisotopic (exact) mass is 277 g/mol. The lowest BCUT2D eigenvalue weighted by Gasteiger charge is -2.17. The summed E-state index contributed by atoms with van der Waals surface area (Å²) in [6.45, 7) is 2.06. The lowest BCUT2D eigenvalue weighted by molar-refractivity contribution is 0.386. The van der Waals surface area contributed by atoms with Gasteiger partial charge in [0.15, 0.2) is 11.6 Å². The van der Waals surface area contributed by atoms with Gasteiger partial charge in [0, 0.05) is 18.8 Å². The van der Waals surface area contributed by atoms with E-state index in [4.69, 9.17) is 4.74 Å². The van der Waals surface area contributed by atoms with Crippen molar-refractivity contribution in [3.05, 3.63) is 47.0 Å². The van der Waals surface area contributed by atoms with Crippen LogP contribution in [0.4, 0.5) is 4.39 Å². The van der Waals surface area contributed by atoms with Gasteiger partial charge in [-0.1, -0.05) is 13.0 Å². The van der Waals surface area contributed by atoms with E-state index in [0.29, 0.717) is 0 Å². The first-order valence-corrected chi connectivity index (χ1v) is 6.63. The Hall–Kier alpha value is -1.88. The predicted molar refractivity (Wildman–Crippen MR) is 76.4 cm³/mol. The quantitative estimate of drug-likeness (QED) is 0.912. The van der Waals surface area contributed by atoms with Gasteiger partial charge >= 0.3 is 0 Å². The molecule has 1 heterocycles. The molecule has 1 N–H and O–H groups in total. The molecule has 0 aliphatic rings. The number of hydrogen-bond donors (Lipinski definition) is 1. The molecular formula is C15H20FN3O. The summed E-state index contributed by atoms with van der Waals surface area (Å²) in [6.07, 6.45) is 2.81. The van der Waals surface area contributed by atoms with Gasteiger partial charge in [0.25, 0.3) is 0 Å². The zero-order chi connectivity index (χ0) is 14.7. The van der Waals surface area contributed by atoms with Gasteiger partial charge < -0.3 is 10.1 Å². The zero-order valence-electron chi connectivity index (χ0n) is 12.3. The van der Waals surface area contributed by atoms with Crippen LogP contribution < -0.4 is 10.1 Å². The van der Waals surface area contributed by atoms with Gasteiger partial charge in [-0.15, -0.1) is 0 Å². The summed E-state index contributed by atoms with van der Waals surface area (Å²) in [7, 11) is 5.22. The molecule has 4 nitrogen and oxygen atoms in total. The highest BCUT2D eigenvalue weighted by Gasteiger charge is 2.19. The molecule has 0 bridgehead atoms. The van der Waals surface area contributed by atoms with Crippen molar-refractivity contribution in [3.63, 3.8) is 0 Å². The van der Waals surface area contributed by atoms with Crippen molar-refractivity contribution in [1.82, 2.24) is 15.1 Å². The molecule has 20 heavy (non-hydrogen) atoms. The molecule has 2 rings (SSSR count). The number of hydrogen-bond acceptors (Lipinski definition) is 3. The fourth-order valence-corrected chi connectivity index (χ4v) is 2.43. The molecule has 1 atom stereocenters. The van der Waals surface area contributed by atoms with E-state index in [1.165, 1.54) is 13.2 Å². The fourth-order valence-electron chi connectivity index (χ4n) is 2.43. The van der Waals surface area contributed by atoms with E-state index in [1.807, 2.05) is 26.4 Å². The molecule has 5 heteroatoms. The highest BCUT2D eigenvalue weighted by molar-refractivity contribution is 5.37. The summed E-state index contributed by atoms with van der Waals surface area (Å²) < 4.78 is 20.6. The molecule has 0 radical (unpaired) electrons. The number of benzene rings is 1. The van der Waals surface area contributed by atoms with Crippen molar-refractivity contribution in [3.8, 4) is 5.75 Å². The lowest BCUT2D eigenvalue weighted by Crippen LogP contribution is -2.18. The van der Waals surface area contributed by atoms with Gasteiger partial charge in [-0.25, -0.2) is 4.39 Å². The second-order valence-electron chi connectivity index (χ2n) is 4.67. The number of nitrogens with one attached hydrogen (secondary N) is 1. The first kappa shape index (κ1) is 14.5. The van der Waals surface area contributed by atoms with Gasteiger partial charge in [0.2, 0.25) is 0 Å². The van der Waals surface area contributed by atoms with E-state index in [2.05, 4.69) is 17.3 Å². The Kier molecular flexibility index (Phi) is 4.39. The molecular weight excluding hydrogens is 257 g/mol. The Morgan fingerprint density at radius 2 is 2.20 bits per heavy atom. The van der Waals surface area contributed by atoms with Gasteiger partial charge in [0.05, 0.1) is 18.8 Å². The number of halogens is 1. The molecule has 108 valence electrons. The largest absolute Gasteiger partial charge is 0.494 e. The third-order valence-corrected chi connectivity index (χ3v) is 3.38. The standard InChI is InChI=1S/C15H20FN3O/c1-5-13-11(9-19(3)18-13)15(17-2)10-6-7-14(20-4)12(16)8-10/h6-9,15,17H,5H2,1-4H3. The van der Waals surface area contributed by atoms with Crippen molar-refractivity contribution < 1.29 is 9.13 Å². The molecule has 0 aliphatic carbocycles. The summed E-state index contributed by atoms with van der Waals surface area (Å²) in [4.78, 5) is 0. The molecule has 0 saturated heterocycles. The SMILES string of the molecule is CCc1nn(C)cc1C(NC)c1ccc(OC)c(F)c1. The molecule has 0 fully saturated rings. The Bertz CT molecular complexity index is 595. The van der Waals surface area contributed by atoms with Crippen molar-refractivity contribution in [1.29, 1.82) is 0 Å². The van der Waals surface area contributed by atoms with Crippen molar-refractivity contribution in [2.75, 3.05) is 14.2 Å². The zero-order valence-corrected chi connectivity index (χ0v) is 12.3. The van der Waals surface area contributed by atoms with Crippen LogP contribution in [-0.4, -0.2) is 23.9 Å². The third kappa shape index (κ3) is 2.67. The Balaban J connectivity index is 2.44. The van der Waals surface area contributed by atoms with Crippen LogP contribution in [0.25, 0.3) is 0 Å². The van der Waals surface area contributed by atoms with Crippen LogP contribution >= 0.6 is 0 Å². The maximum atomic E-state index is 13.9. The third-order valence-electron chi connectivity index (χ3n) is 3.38. The van der Waals surface area contributed by atoms with Gasteiger partial charge in [-0.05, 0) is 31.2 Å². The molecule has 1 unspecified atom stereocenters. The molecule has 1 aromatic carbocycles. The number of nitrogens with zero attached hydrogens (tertiary/aromatic N) is 2. The predicted octanol–water partition coefficient (Wildman–Crippen LogP) is 2.44. The van der Waals surface area contributed by atoms with Crippen molar-refractivity contribution >= 4 is 0 Å². The summed E-state index contributed by atoms with van der Waals surface area (Å²) in [5.74, 6) is -0.0994. The highest BCUT2D eigenvalue weighted by Crippen LogP contribution is 2.28. The van der Waals surface area contributed by atoms with Crippen molar-refractivity contribution in [2.45, 2.75) is 19.4 Å². The van der Waals surface area contributed by atoms with E-state index in [-0.39, 0.29) is 17.6 Å². The van der Waals surface area contributed by atoms with Gasteiger partial charge in [0.1, 0.15) is 0 Å². The average molecular weight is 277 g/mol. The molecule has 0 aliphatic heterocycles. The summed E-state index contributed by atoms with van der Waals surface area (Å²) in [5.41, 5.74) is 2.94. The van der Waals surface area contributed by atoms with E-state index in [1.54, 1.807) is 10.7 Å². The van der Waals surface area contributed by atoms with Crippen LogP contribution in [0.2, 0.25) is 0 Å². The van der Waals surface area contributed by atoms with E-state index < -0.39 is 0 Å². The molecule has 2 aromatic rings. The second kappa shape index (κ2) is 6.05. The van der Waals surface area contributed by atoms with E-state index in [9.17, 15) is 4.39 Å². The normalized spacial score (nSPS) is 12.4. The number of ether oxygens (including phenoxy) is 1. The average Bonchev–Trinajstić information content (AvgIpc) is 2.81. The second-order valence-corrected chi connectivity index (χ2v) is 4.67. The number of methoxy groups -OCH3 is 1. The van der Waals surface area contributed by atoms with Crippen LogP contribution in [-0.2, 0) is 13.5 Å². The number of aromatic nitrogens is 2. The Morgan fingerprint density at radius 1 is 1.45 bits per heavy atom. The smallest absolute Gasteiger partial charge is 0.165 e. The first-order valence-electron chi connectivity index (χ1n) is 6.63. The van der Waals surface area contributed by atoms with Crippen LogP contribution in [0.15, 0.2) is 24.4 Å². The summed E-state index contributed by atoms with van der Waals surface area (Å²) in [5, 5.41) is 7.66. The molecule has 0 saturated carbocycles. The Morgan fingerprint density at radius 3 is 2.75 bits per heavy atom. The minimum Gasteiger partial charge on any atom is -0.494 e. The first-order chi connectivity index (χ1) is 9.60. The minimum absolute atomic E-state index is 0.0842. The van der Waals surface area contributed by atoms with Gasteiger partial charge in [-0.3, -0.25) is 4.68 Å². The topological polar surface area (TPSA) is 39.1 Å². The van der Waals surface area contributed by atoms with Crippen LogP contribution in [0.5, 0.6) is 5.75 Å². The van der Waals surface area contributed by atoms with Crippen molar-refractivity contribution in [2.24, 2.45) is 7.05 Å². The maximum Gasteiger partial charge on any atom is 0.165 e. The van der Waals surface area contributed by atoms with Crippen LogP contribution in [0, 0.1) is 5.82 Å². The maximum absolute atomic E-state index is 13.9. The fraction of sp³-hybridized carbons (Fsp3) is 0.400. The molecule has 1 aromatic heterocycles. The minimum atomic E-state index is -0.354. The summed E-state index contributed by atoms with van der Waals surface area (Å²) >= 11 is 0. The van der Waals surface area contributed by atoms with Crippen LogP contribution in [0.1, 0.15) is 29.8 Å². The number of aryl methyl sites for hydroxylation is 2. The summed E-state index contributed by atoms with van der Waals surface area (Å²) in [6, 6.07) is 4.94. The van der Waals surface area contributed by atoms with E-state index >= 15 is 0 Å². The Labute approximate surface area is 118 Å². The number of rotatable bonds is 5. The lowest BCUT2D eigenvalue weighted by atomic mass is 9.98. The molecule has 0 amide bonds. The van der Waals surface area contributed by atoms with Gasteiger partial charge in [-0.2, -0.15) is 5.10 Å². The molecule has 0 spiro atoms.